The minimum Gasteiger partial charge on any atom is -0.345 e. The van der Waals surface area contributed by atoms with Gasteiger partial charge >= 0.3 is 0 Å². The molecule has 2 saturated heterocycles. The molecule has 0 N–H and O–H groups in total. The van der Waals surface area contributed by atoms with Crippen molar-refractivity contribution in [3.05, 3.63) is 46.2 Å². The predicted molar refractivity (Wildman–Crippen MR) is 110 cm³/mol. The largest absolute Gasteiger partial charge is 0.345 e. The average molecular weight is 403 g/mol. The predicted octanol–water partition coefficient (Wildman–Crippen LogP) is 3.54. The van der Waals surface area contributed by atoms with E-state index in [0.29, 0.717) is 24.2 Å². The van der Waals surface area contributed by atoms with Gasteiger partial charge in [0.1, 0.15) is 5.82 Å². The second-order valence-corrected chi connectivity index (χ2v) is 8.54. The minimum absolute atomic E-state index is 0.0940. The lowest BCUT2D eigenvalue weighted by atomic mass is 10.1. The Morgan fingerprint density at radius 3 is 2.57 bits per heavy atom. The number of aromatic nitrogens is 1. The Morgan fingerprint density at radius 2 is 1.86 bits per heavy atom. The lowest BCUT2D eigenvalue weighted by Crippen LogP contribution is -2.48. The van der Waals surface area contributed by atoms with Crippen molar-refractivity contribution in [2.45, 2.75) is 32.7 Å². The smallest absolute Gasteiger partial charge is 0.254 e. The normalized spacial score (nSPS) is 18.5. The van der Waals surface area contributed by atoms with E-state index in [4.69, 9.17) is 4.98 Å². The van der Waals surface area contributed by atoms with Crippen molar-refractivity contribution >= 4 is 22.4 Å². The van der Waals surface area contributed by atoms with Crippen molar-refractivity contribution in [3.8, 4) is 0 Å². The summed E-state index contributed by atoms with van der Waals surface area (Å²) in [6, 6.07) is 4.72. The Bertz CT molecular complexity index is 826. The number of benzene rings is 1. The minimum atomic E-state index is -0.325. The zero-order chi connectivity index (χ0) is 19.5. The number of likely N-dealkylation sites (tertiary alicyclic amines) is 1. The lowest BCUT2D eigenvalue weighted by Gasteiger charge is -2.34. The molecule has 0 unspecified atom stereocenters. The fraction of sp³-hybridized carbons (Fsp3) is 0.524. The molecule has 7 heteroatoms. The molecule has 0 atom stereocenters. The summed E-state index contributed by atoms with van der Waals surface area (Å²) in [6.07, 6.45) is 3.92. The molecule has 0 bridgehead atoms. The number of piperazine rings is 1. The number of piperidine rings is 1. The SMILES string of the molecule is Cc1ccc(C(=O)N2CCN(c3nc(CN4CCCCC4)cs3)CC2)cc1F. The van der Waals surface area contributed by atoms with E-state index in [9.17, 15) is 9.18 Å². The monoisotopic (exact) mass is 402 g/mol. The van der Waals surface area contributed by atoms with Crippen LogP contribution in [0, 0.1) is 12.7 Å². The van der Waals surface area contributed by atoms with Crippen LogP contribution in [-0.4, -0.2) is 60.0 Å². The van der Waals surface area contributed by atoms with E-state index in [1.54, 1.807) is 30.4 Å². The Hall–Kier alpha value is -1.99. The molecule has 2 aliphatic rings. The van der Waals surface area contributed by atoms with Gasteiger partial charge in [-0.25, -0.2) is 9.37 Å². The number of hydrogen-bond donors (Lipinski definition) is 0. The van der Waals surface area contributed by atoms with E-state index in [1.165, 1.54) is 38.4 Å². The number of halogens is 1. The van der Waals surface area contributed by atoms with Crippen LogP contribution in [0.2, 0.25) is 0 Å². The molecular weight excluding hydrogens is 375 g/mol. The van der Waals surface area contributed by atoms with Gasteiger partial charge in [0.25, 0.3) is 5.91 Å². The number of carbonyl (C=O) groups excluding carboxylic acids is 1. The van der Waals surface area contributed by atoms with Gasteiger partial charge in [0.05, 0.1) is 5.69 Å². The Labute approximate surface area is 169 Å². The van der Waals surface area contributed by atoms with Gasteiger partial charge in [-0.3, -0.25) is 9.69 Å². The van der Waals surface area contributed by atoms with Crippen LogP contribution in [0.1, 0.15) is 40.9 Å². The average Bonchev–Trinajstić information content (AvgIpc) is 3.19. The molecule has 0 radical (unpaired) electrons. The number of carbonyl (C=O) groups is 1. The van der Waals surface area contributed by atoms with E-state index in [-0.39, 0.29) is 11.7 Å². The van der Waals surface area contributed by atoms with Crippen LogP contribution in [0.3, 0.4) is 0 Å². The Morgan fingerprint density at radius 1 is 1.11 bits per heavy atom. The highest BCUT2D eigenvalue weighted by Crippen LogP contribution is 2.24. The topological polar surface area (TPSA) is 39.7 Å². The second kappa shape index (κ2) is 8.57. The van der Waals surface area contributed by atoms with Crippen LogP contribution in [0.15, 0.2) is 23.6 Å². The third-order valence-electron chi connectivity index (χ3n) is 5.63. The summed E-state index contributed by atoms with van der Waals surface area (Å²) < 4.78 is 13.8. The maximum absolute atomic E-state index is 13.8. The zero-order valence-electron chi connectivity index (χ0n) is 16.4. The van der Waals surface area contributed by atoms with Gasteiger partial charge in [0, 0.05) is 43.7 Å². The first-order valence-electron chi connectivity index (χ1n) is 10.1. The van der Waals surface area contributed by atoms with Crippen molar-refractivity contribution in [1.82, 2.24) is 14.8 Å². The molecule has 0 saturated carbocycles. The van der Waals surface area contributed by atoms with Gasteiger partial charge in [0.15, 0.2) is 5.13 Å². The molecule has 5 nitrogen and oxygen atoms in total. The third kappa shape index (κ3) is 4.36. The fourth-order valence-electron chi connectivity index (χ4n) is 3.87. The van der Waals surface area contributed by atoms with Gasteiger partial charge in [-0.15, -0.1) is 11.3 Å². The van der Waals surface area contributed by atoms with Crippen LogP contribution in [0.25, 0.3) is 0 Å². The van der Waals surface area contributed by atoms with Crippen molar-refractivity contribution in [3.63, 3.8) is 0 Å². The van der Waals surface area contributed by atoms with Crippen LogP contribution in [0.5, 0.6) is 0 Å². The molecule has 4 rings (SSSR count). The highest BCUT2D eigenvalue weighted by Gasteiger charge is 2.24. The van der Waals surface area contributed by atoms with Crippen molar-refractivity contribution in [2.75, 3.05) is 44.2 Å². The molecule has 28 heavy (non-hydrogen) atoms. The zero-order valence-corrected chi connectivity index (χ0v) is 17.2. The Balaban J connectivity index is 1.32. The summed E-state index contributed by atoms with van der Waals surface area (Å²) >= 11 is 1.69. The van der Waals surface area contributed by atoms with E-state index >= 15 is 0 Å². The molecule has 150 valence electrons. The molecule has 2 aromatic rings. The molecule has 0 aliphatic carbocycles. The molecule has 2 aliphatic heterocycles. The van der Waals surface area contributed by atoms with Crippen LogP contribution in [0.4, 0.5) is 9.52 Å². The summed E-state index contributed by atoms with van der Waals surface area (Å²) in [5.74, 6) is -0.419. The van der Waals surface area contributed by atoms with E-state index in [2.05, 4.69) is 15.2 Å². The maximum atomic E-state index is 13.8. The van der Waals surface area contributed by atoms with Crippen molar-refractivity contribution in [1.29, 1.82) is 0 Å². The molecule has 2 fully saturated rings. The number of hydrogen-bond acceptors (Lipinski definition) is 5. The third-order valence-corrected chi connectivity index (χ3v) is 6.58. The number of thiazole rings is 1. The number of nitrogens with zero attached hydrogens (tertiary/aromatic N) is 4. The first-order chi connectivity index (χ1) is 13.6. The van der Waals surface area contributed by atoms with E-state index < -0.39 is 0 Å². The number of aryl methyl sites for hydroxylation is 1. The van der Waals surface area contributed by atoms with Gasteiger partial charge in [-0.2, -0.15) is 0 Å². The molecule has 3 heterocycles. The van der Waals surface area contributed by atoms with Gasteiger partial charge in [-0.05, 0) is 50.6 Å². The van der Waals surface area contributed by atoms with Gasteiger partial charge < -0.3 is 9.80 Å². The number of amides is 1. The first kappa shape index (κ1) is 19.3. The fourth-order valence-corrected chi connectivity index (χ4v) is 4.74. The summed E-state index contributed by atoms with van der Waals surface area (Å²) in [5.41, 5.74) is 2.13. The van der Waals surface area contributed by atoms with E-state index in [0.717, 1.165) is 30.5 Å². The summed E-state index contributed by atoms with van der Waals surface area (Å²) in [5, 5.41) is 3.21. The van der Waals surface area contributed by atoms with Gasteiger partial charge in [0.2, 0.25) is 0 Å². The first-order valence-corrected chi connectivity index (χ1v) is 11.0. The van der Waals surface area contributed by atoms with Crippen LogP contribution >= 0.6 is 11.3 Å². The van der Waals surface area contributed by atoms with Crippen LogP contribution in [-0.2, 0) is 6.54 Å². The molecule has 1 aromatic heterocycles. The summed E-state index contributed by atoms with van der Waals surface area (Å²) in [7, 11) is 0. The summed E-state index contributed by atoms with van der Waals surface area (Å²) in [4.78, 5) is 24.0. The Kier molecular flexibility index (Phi) is 5.92. The summed E-state index contributed by atoms with van der Waals surface area (Å²) in [6.45, 7) is 7.78. The second-order valence-electron chi connectivity index (χ2n) is 7.70. The van der Waals surface area contributed by atoms with Crippen molar-refractivity contribution < 1.29 is 9.18 Å². The lowest BCUT2D eigenvalue weighted by molar-refractivity contribution is 0.0746. The van der Waals surface area contributed by atoms with Crippen LogP contribution < -0.4 is 4.90 Å². The molecule has 0 spiro atoms. The standard InChI is InChI=1S/C21H27FN4OS/c1-16-5-6-17(13-19(16)22)20(27)25-9-11-26(12-10-25)21-23-18(15-28-21)14-24-7-3-2-4-8-24/h5-6,13,15H,2-4,7-12,14H2,1H3. The molecule has 1 aromatic carbocycles. The molecular formula is C21H27FN4OS. The van der Waals surface area contributed by atoms with Crippen molar-refractivity contribution in [2.24, 2.45) is 0 Å². The highest BCUT2D eigenvalue weighted by molar-refractivity contribution is 7.13. The number of anilines is 1. The van der Waals surface area contributed by atoms with Gasteiger partial charge in [-0.1, -0.05) is 12.5 Å². The maximum Gasteiger partial charge on any atom is 0.254 e. The van der Waals surface area contributed by atoms with E-state index in [1.807, 2.05) is 4.90 Å². The highest BCUT2D eigenvalue weighted by atomic mass is 32.1. The number of rotatable bonds is 4. The quantitative estimate of drug-likeness (QED) is 0.784. The molecule has 1 amide bonds.